The molecule has 2 N–H and O–H groups in total. The molecule has 0 spiro atoms. The van der Waals surface area contributed by atoms with Gasteiger partial charge in [-0.05, 0) is 43.0 Å². The van der Waals surface area contributed by atoms with Gasteiger partial charge >= 0.3 is 6.03 Å². The fourth-order valence-electron chi connectivity index (χ4n) is 3.68. The highest BCUT2D eigenvalue weighted by molar-refractivity contribution is 5.95. The van der Waals surface area contributed by atoms with Gasteiger partial charge in [-0.3, -0.25) is 15.0 Å². The maximum atomic E-state index is 12.3. The minimum Gasteiger partial charge on any atom is -0.454 e. The lowest BCUT2D eigenvalue weighted by Crippen LogP contribution is -2.49. The fraction of sp³-hybridized carbons (Fsp3) is 0.600. The highest BCUT2D eigenvalue weighted by Crippen LogP contribution is 2.32. The first-order chi connectivity index (χ1) is 13.0. The fourth-order valence-corrected chi connectivity index (χ4v) is 3.68. The Bertz CT molecular complexity index is 679. The number of benzene rings is 1. The lowest BCUT2D eigenvalue weighted by atomic mass is 9.86. The van der Waals surface area contributed by atoms with Crippen molar-refractivity contribution in [3.63, 3.8) is 0 Å². The van der Waals surface area contributed by atoms with Gasteiger partial charge in [-0.1, -0.05) is 32.8 Å². The van der Waals surface area contributed by atoms with E-state index in [1.165, 1.54) is 6.42 Å². The maximum absolute atomic E-state index is 12.3. The van der Waals surface area contributed by atoms with Gasteiger partial charge in [0.15, 0.2) is 11.5 Å². The van der Waals surface area contributed by atoms with Crippen molar-refractivity contribution in [1.29, 1.82) is 0 Å². The summed E-state index contributed by atoms with van der Waals surface area (Å²) in [5.74, 6) is 1.64. The van der Waals surface area contributed by atoms with Crippen LogP contribution < -0.4 is 20.1 Å². The summed E-state index contributed by atoms with van der Waals surface area (Å²) in [5, 5.41) is 5.41. The molecule has 1 aliphatic carbocycles. The summed E-state index contributed by atoms with van der Waals surface area (Å²) < 4.78 is 10.7. The Kier molecular flexibility index (Phi) is 6.55. The molecular weight excluding hydrogens is 346 g/mol. The Labute approximate surface area is 160 Å². The van der Waals surface area contributed by atoms with Crippen LogP contribution >= 0.6 is 0 Å². The van der Waals surface area contributed by atoms with Gasteiger partial charge in [0.2, 0.25) is 12.7 Å². The third kappa shape index (κ3) is 5.35. The largest absolute Gasteiger partial charge is 0.454 e. The number of urea groups is 1. The summed E-state index contributed by atoms with van der Waals surface area (Å²) in [4.78, 5) is 26.4. The minimum absolute atomic E-state index is 0.155. The first-order valence-corrected chi connectivity index (χ1v) is 9.76. The first-order valence-electron chi connectivity index (χ1n) is 9.76. The number of carbonyl (C=O) groups excluding carboxylic acids is 2. The predicted molar refractivity (Wildman–Crippen MR) is 102 cm³/mol. The molecular formula is C20H29N3O4. The SMILES string of the molecule is CCN(CC(=O)NC(=O)NC1CCCCC1C)Cc1ccc2c(c1)OCO2. The molecule has 1 fully saturated rings. The number of imide groups is 1. The third-order valence-electron chi connectivity index (χ3n) is 5.34. The van der Waals surface area contributed by atoms with Crippen LogP contribution in [0.2, 0.25) is 0 Å². The molecule has 2 aliphatic rings. The predicted octanol–water partition coefficient (Wildman–Crippen LogP) is 2.64. The Morgan fingerprint density at radius 2 is 1.96 bits per heavy atom. The minimum atomic E-state index is -0.391. The van der Waals surface area contributed by atoms with E-state index in [9.17, 15) is 9.59 Å². The molecule has 1 saturated carbocycles. The number of ether oxygens (including phenoxy) is 2. The van der Waals surface area contributed by atoms with Crippen molar-refractivity contribution >= 4 is 11.9 Å². The number of rotatable bonds is 6. The Hall–Kier alpha value is -2.28. The van der Waals surface area contributed by atoms with Crippen LogP contribution in [0.15, 0.2) is 18.2 Å². The van der Waals surface area contributed by atoms with Crippen LogP contribution in [0, 0.1) is 5.92 Å². The second-order valence-corrected chi connectivity index (χ2v) is 7.38. The summed E-state index contributed by atoms with van der Waals surface area (Å²) in [6.45, 7) is 5.84. The van der Waals surface area contributed by atoms with E-state index in [1.54, 1.807) is 0 Å². The van der Waals surface area contributed by atoms with Gasteiger partial charge in [0.05, 0.1) is 6.54 Å². The van der Waals surface area contributed by atoms with Crippen molar-refractivity contribution in [1.82, 2.24) is 15.5 Å². The normalized spacial score (nSPS) is 21.1. The van der Waals surface area contributed by atoms with E-state index in [2.05, 4.69) is 17.6 Å². The monoisotopic (exact) mass is 375 g/mol. The van der Waals surface area contributed by atoms with Gasteiger partial charge in [0, 0.05) is 12.6 Å². The van der Waals surface area contributed by atoms with Crippen LogP contribution in [-0.4, -0.2) is 42.8 Å². The summed E-state index contributed by atoms with van der Waals surface area (Å²) in [5.41, 5.74) is 1.04. The van der Waals surface area contributed by atoms with E-state index < -0.39 is 6.03 Å². The van der Waals surface area contributed by atoms with E-state index in [0.717, 1.165) is 36.3 Å². The average molecular weight is 375 g/mol. The topological polar surface area (TPSA) is 79.9 Å². The summed E-state index contributed by atoms with van der Waals surface area (Å²) >= 11 is 0. The van der Waals surface area contributed by atoms with Gasteiger partial charge in [-0.25, -0.2) is 4.79 Å². The molecule has 3 rings (SSSR count). The van der Waals surface area contributed by atoms with Crippen molar-refractivity contribution in [2.45, 2.75) is 52.1 Å². The number of amides is 3. The smallest absolute Gasteiger partial charge is 0.321 e. The number of fused-ring (bicyclic) bond motifs is 1. The van der Waals surface area contributed by atoms with Crippen LogP contribution in [0.5, 0.6) is 11.5 Å². The van der Waals surface area contributed by atoms with Crippen LogP contribution in [0.3, 0.4) is 0 Å². The Morgan fingerprint density at radius 1 is 1.19 bits per heavy atom. The molecule has 1 aliphatic heterocycles. The van der Waals surface area contributed by atoms with Crippen molar-refractivity contribution in [3.05, 3.63) is 23.8 Å². The van der Waals surface area contributed by atoms with Gasteiger partial charge < -0.3 is 14.8 Å². The zero-order valence-electron chi connectivity index (χ0n) is 16.1. The number of carbonyl (C=O) groups is 2. The quantitative estimate of drug-likeness (QED) is 0.799. The van der Waals surface area contributed by atoms with Gasteiger partial charge in [-0.15, -0.1) is 0 Å². The van der Waals surface area contributed by atoms with Crippen molar-refractivity contribution < 1.29 is 19.1 Å². The molecule has 2 atom stereocenters. The zero-order valence-corrected chi connectivity index (χ0v) is 16.1. The molecule has 2 unspecified atom stereocenters. The molecule has 1 heterocycles. The van der Waals surface area contributed by atoms with Crippen LogP contribution in [0.4, 0.5) is 4.79 Å². The van der Waals surface area contributed by atoms with E-state index in [0.29, 0.717) is 19.0 Å². The molecule has 148 valence electrons. The van der Waals surface area contributed by atoms with Crippen LogP contribution in [0.25, 0.3) is 0 Å². The number of hydrogen-bond acceptors (Lipinski definition) is 5. The van der Waals surface area contributed by atoms with Crippen molar-refractivity contribution in [2.75, 3.05) is 19.9 Å². The van der Waals surface area contributed by atoms with Crippen molar-refractivity contribution in [3.8, 4) is 11.5 Å². The zero-order chi connectivity index (χ0) is 19.2. The number of likely N-dealkylation sites (N-methyl/N-ethyl adjacent to an activating group) is 1. The lowest BCUT2D eigenvalue weighted by Gasteiger charge is -2.29. The standard InChI is InChI=1S/C20H29N3O4/c1-3-23(11-15-8-9-17-18(10-15)27-13-26-17)12-19(24)22-20(25)21-16-7-5-4-6-14(16)2/h8-10,14,16H,3-7,11-13H2,1-2H3,(H2,21,22,24,25). The summed E-state index contributed by atoms with van der Waals surface area (Å²) in [7, 11) is 0. The average Bonchev–Trinajstić information content (AvgIpc) is 3.10. The summed E-state index contributed by atoms with van der Waals surface area (Å²) in [6, 6.07) is 5.54. The third-order valence-corrected chi connectivity index (χ3v) is 5.34. The second-order valence-electron chi connectivity index (χ2n) is 7.38. The first kappa shape index (κ1) is 19.5. The van der Waals surface area contributed by atoms with E-state index >= 15 is 0 Å². The molecule has 7 heteroatoms. The number of nitrogens with one attached hydrogen (secondary N) is 2. The molecule has 0 saturated heterocycles. The molecule has 3 amide bonds. The van der Waals surface area contributed by atoms with Crippen LogP contribution in [0.1, 0.15) is 45.1 Å². The molecule has 7 nitrogen and oxygen atoms in total. The Balaban J connectivity index is 1.47. The molecule has 0 aromatic heterocycles. The van der Waals surface area contributed by atoms with E-state index in [1.807, 2.05) is 30.0 Å². The van der Waals surface area contributed by atoms with Gasteiger partial charge in [0.1, 0.15) is 0 Å². The summed E-state index contributed by atoms with van der Waals surface area (Å²) in [6.07, 6.45) is 4.44. The van der Waals surface area contributed by atoms with Crippen LogP contribution in [-0.2, 0) is 11.3 Å². The van der Waals surface area contributed by atoms with Gasteiger partial charge in [-0.2, -0.15) is 0 Å². The molecule has 0 bridgehead atoms. The van der Waals surface area contributed by atoms with Gasteiger partial charge in [0.25, 0.3) is 0 Å². The molecule has 27 heavy (non-hydrogen) atoms. The highest BCUT2D eigenvalue weighted by Gasteiger charge is 2.23. The highest BCUT2D eigenvalue weighted by atomic mass is 16.7. The Morgan fingerprint density at radius 3 is 2.74 bits per heavy atom. The molecule has 1 aromatic rings. The molecule has 1 aromatic carbocycles. The number of hydrogen-bond donors (Lipinski definition) is 2. The van der Waals surface area contributed by atoms with E-state index in [-0.39, 0.29) is 25.3 Å². The lowest BCUT2D eigenvalue weighted by molar-refractivity contribution is -0.121. The van der Waals surface area contributed by atoms with E-state index in [4.69, 9.17) is 9.47 Å². The molecule has 0 radical (unpaired) electrons. The maximum Gasteiger partial charge on any atom is 0.321 e. The second kappa shape index (κ2) is 9.08. The van der Waals surface area contributed by atoms with Crippen molar-refractivity contribution in [2.24, 2.45) is 5.92 Å². The number of nitrogens with zero attached hydrogens (tertiary/aromatic N) is 1.